The zero-order valence-electron chi connectivity index (χ0n) is 12.4. The predicted molar refractivity (Wildman–Crippen MR) is 82.5 cm³/mol. The topological polar surface area (TPSA) is 30.5 Å². The van der Waals surface area contributed by atoms with Crippen LogP contribution in [0.4, 0.5) is 4.39 Å². The van der Waals surface area contributed by atoms with E-state index in [0.717, 1.165) is 39.0 Å². The number of unbranched alkanes of at least 4 members (excludes halogenated alkanes) is 1. The Morgan fingerprint density at radius 3 is 3.05 bits per heavy atom. The smallest absolute Gasteiger partial charge is 0.145 e. The normalized spacial score (nSPS) is 20.4. The lowest BCUT2D eigenvalue weighted by atomic mass is 9.87. The van der Waals surface area contributed by atoms with Gasteiger partial charge in [0.05, 0.1) is 17.7 Å². The Morgan fingerprint density at radius 1 is 1.48 bits per heavy atom. The maximum atomic E-state index is 14.3. The maximum Gasteiger partial charge on any atom is 0.145 e. The molecule has 0 aromatic heterocycles. The molecule has 118 valence electrons. The molecule has 1 aromatic carbocycles. The van der Waals surface area contributed by atoms with Gasteiger partial charge < -0.3 is 14.8 Å². The van der Waals surface area contributed by atoms with Gasteiger partial charge in [0.2, 0.25) is 0 Å². The molecule has 0 saturated carbocycles. The Morgan fingerprint density at radius 2 is 2.33 bits per heavy atom. The number of benzene rings is 1. The molecule has 2 unspecified atom stereocenters. The maximum absolute atomic E-state index is 14.3. The summed E-state index contributed by atoms with van der Waals surface area (Å²) in [6, 6.07) is 5.21. The van der Waals surface area contributed by atoms with Gasteiger partial charge in [-0.2, -0.15) is 0 Å². The molecule has 0 aliphatic carbocycles. The van der Waals surface area contributed by atoms with Crippen LogP contribution < -0.4 is 5.32 Å². The van der Waals surface area contributed by atoms with Gasteiger partial charge in [-0.05, 0) is 24.5 Å². The highest BCUT2D eigenvalue weighted by molar-refractivity contribution is 6.30. The summed E-state index contributed by atoms with van der Waals surface area (Å²) >= 11 is 5.93. The fourth-order valence-electron chi connectivity index (χ4n) is 2.80. The van der Waals surface area contributed by atoms with E-state index in [1.165, 1.54) is 0 Å². The molecule has 3 nitrogen and oxygen atoms in total. The number of ether oxygens (including phenoxy) is 2. The van der Waals surface area contributed by atoms with E-state index in [0.29, 0.717) is 12.2 Å². The quantitative estimate of drug-likeness (QED) is 0.783. The SMILES string of the molecule is COCCCCC(c1cccc(Cl)c1F)C1CNCCO1. The lowest BCUT2D eigenvalue weighted by Crippen LogP contribution is -2.42. The van der Waals surface area contributed by atoms with Crippen molar-refractivity contribution in [3.63, 3.8) is 0 Å². The third kappa shape index (κ3) is 4.65. The van der Waals surface area contributed by atoms with Crippen LogP contribution in [0, 0.1) is 5.82 Å². The lowest BCUT2D eigenvalue weighted by molar-refractivity contribution is 0.00779. The van der Waals surface area contributed by atoms with Gasteiger partial charge in [0.25, 0.3) is 0 Å². The molecule has 0 spiro atoms. The molecule has 1 aliphatic heterocycles. The molecule has 1 aromatic rings. The molecule has 1 aliphatic rings. The number of halogens is 2. The van der Waals surface area contributed by atoms with Gasteiger partial charge in [-0.25, -0.2) is 4.39 Å². The average Bonchev–Trinajstić information content (AvgIpc) is 2.52. The van der Waals surface area contributed by atoms with Crippen molar-refractivity contribution in [1.29, 1.82) is 0 Å². The highest BCUT2D eigenvalue weighted by Gasteiger charge is 2.28. The third-order valence-corrected chi connectivity index (χ3v) is 4.19. The van der Waals surface area contributed by atoms with Crippen LogP contribution >= 0.6 is 11.6 Å². The molecule has 1 saturated heterocycles. The summed E-state index contributed by atoms with van der Waals surface area (Å²) in [5, 5.41) is 3.49. The Bertz CT molecular complexity index is 438. The summed E-state index contributed by atoms with van der Waals surface area (Å²) in [6.07, 6.45) is 2.81. The van der Waals surface area contributed by atoms with Crippen LogP contribution in [0.15, 0.2) is 18.2 Å². The summed E-state index contributed by atoms with van der Waals surface area (Å²) in [7, 11) is 1.70. The van der Waals surface area contributed by atoms with Gasteiger partial charge in [-0.1, -0.05) is 30.2 Å². The first-order chi connectivity index (χ1) is 10.2. The van der Waals surface area contributed by atoms with Crippen molar-refractivity contribution in [2.24, 2.45) is 0 Å². The second-order valence-electron chi connectivity index (χ2n) is 5.35. The van der Waals surface area contributed by atoms with Crippen LogP contribution in [-0.2, 0) is 9.47 Å². The van der Waals surface area contributed by atoms with Gasteiger partial charge in [0.15, 0.2) is 0 Å². The molecule has 2 rings (SSSR count). The highest BCUT2D eigenvalue weighted by atomic mass is 35.5. The molecular weight excluding hydrogens is 293 g/mol. The summed E-state index contributed by atoms with van der Waals surface area (Å²) in [4.78, 5) is 0. The summed E-state index contributed by atoms with van der Waals surface area (Å²) < 4.78 is 25.3. The number of hydrogen-bond donors (Lipinski definition) is 1. The first kappa shape index (κ1) is 16.7. The molecule has 1 N–H and O–H groups in total. The fraction of sp³-hybridized carbons (Fsp3) is 0.625. The van der Waals surface area contributed by atoms with Crippen LogP contribution in [0.1, 0.15) is 30.7 Å². The second kappa shape index (κ2) is 8.69. The van der Waals surface area contributed by atoms with Crippen molar-refractivity contribution >= 4 is 11.6 Å². The Balaban J connectivity index is 2.11. The Labute approximate surface area is 130 Å². The van der Waals surface area contributed by atoms with E-state index in [1.807, 2.05) is 6.07 Å². The predicted octanol–water partition coefficient (Wildman–Crippen LogP) is 3.37. The van der Waals surface area contributed by atoms with Crippen LogP contribution in [-0.4, -0.2) is 39.5 Å². The van der Waals surface area contributed by atoms with Crippen LogP contribution in [0.5, 0.6) is 0 Å². The van der Waals surface area contributed by atoms with Crippen LogP contribution in [0.25, 0.3) is 0 Å². The summed E-state index contributed by atoms with van der Waals surface area (Å²) in [5.74, 6) is -0.293. The number of morpholine rings is 1. The largest absolute Gasteiger partial charge is 0.385 e. The standard InChI is InChI=1S/C16H23ClFNO2/c1-20-9-3-2-5-12(15-11-19-8-10-21-15)13-6-4-7-14(17)16(13)18/h4,6-7,12,15,19H,2-3,5,8-11H2,1H3. The molecule has 1 fully saturated rings. The van der Waals surface area contributed by atoms with Crippen LogP contribution in [0.2, 0.25) is 5.02 Å². The van der Waals surface area contributed by atoms with E-state index in [4.69, 9.17) is 21.1 Å². The third-order valence-electron chi connectivity index (χ3n) is 3.90. The molecule has 0 radical (unpaired) electrons. The molecule has 0 bridgehead atoms. The first-order valence-corrected chi connectivity index (χ1v) is 7.87. The monoisotopic (exact) mass is 315 g/mol. The number of hydrogen-bond acceptors (Lipinski definition) is 3. The van der Waals surface area contributed by atoms with Gasteiger partial charge >= 0.3 is 0 Å². The minimum absolute atomic E-state index is 0.00531. The Kier molecular flexibility index (Phi) is 6.90. The van der Waals surface area contributed by atoms with E-state index in [2.05, 4.69) is 5.32 Å². The average molecular weight is 316 g/mol. The number of nitrogens with one attached hydrogen (secondary N) is 1. The number of rotatable bonds is 7. The summed E-state index contributed by atoms with van der Waals surface area (Å²) in [5.41, 5.74) is 0.661. The minimum atomic E-state index is -0.315. The minimum Gasteiger partial charge on any atom is -0.385 e. The van der Waals surface area contributed by atoms with Crippen molar-refractivity contribution < 1.29 is 13.9 Å². The zero-order chi connectivity index (χ0) is 15.1. The molecular formula is C16H23ClFNO2. The molecule has 2 atom stereocenters. The van der Waals surface area contributed by atoms with Crippen molar-refractivity contribution in [3.8, 4) is 0 Å². The lowest BCUT2D eigenvalue weighted by Gasteiger charge is -2.31. The Hall–Kier alpha value is -0.680. The molecule has 1 heterocycles. The number of methoxy groups -OCH3 is 1. The van der Waals surface area contributed by atoms with Crippen molar-refractivity contribution in [3.05, 3.63) is 34.6 Å². The zero-order valence-corrected chi connectivity index (χ0v) is 13.2. The van der Waals surface area contributed by atoms with E-state index < -0.39 is 0 Å². The van der Waals surface area contributed by atoms with Crippen LogP contribution in [0.3, 0.4) is 0 Å². The van der Waals surface area contributed by atoms with Gasteiger partial charge in [0, 0.05) is 32.7 Å². The van der Waals surface area contributed by atoms with Crippen molar-refractivity contribution in [2.75, 3.05) is 33.4 Å². The van der Waals surface area contributed by atoms with Gasteiger partial charge in [0.1, 0.15) is 5.82 Å². The van der Waals surface area contributed by atoms with E-state index in [9.17, 15) is 4.39 Å². The molecule has 0 amide bonds. The van der Waals surface area contributed by atoms with E-state index in [-0.39, 0.29) is 22.9 Å². The fourth-order valence-corrected chi connectivity index (χ4v) is 2.99. The first-order valence-electron chi connectivity index (χ1n) is 7.49. The highest BCUT2D eigenvalue weighted by Crippen LogP contribution is 2.32. The van der Waals surface area contributed by atoms with E-state index >= 15 is 0 Å². The van der Waals surface area contributed by atoms with Crippen molar-refractivity contribution in [2.45, 2.75) is 31.3 Å². The summed E-state index contributed by atoms with van der Waals surface area (Å²) in [6.45, 7) is 3.00. The van der Waals surface area contributed by atoms with E-state index in [1.54, 1.807) is 19.2 Å². The van der Waals surface area contributed by atoms with Gasteiger partial charge in [-0.3, -0.25) is 0 Å². The van der Waals surface area contributed by atoms with Gasteiger partial charge in [-0.15, -0.1) is 0 Å². The molecule has 5 heteroatoms. The second-order valence-corrected chi connectivity index (χ2v) is 5.76. The molecule has 21 heavy (non-hydrogen) atoms. The van der Waals surface area contributed by atoms with Crippen molar-refractivity contribution in [1.82, 2.24) is 5.32 Å².